The van der Waals surface area contributed by atoms with E-state index in [9.17, 15) is 0 Å². The summed E-state index contributed by atoms with van der Waals surface area (Å²) in [6.07, 6.45) is 4.30. The summed E-state index contributed by atoms with van der Waals surface area (Å²) in [5.74, 6) is 1.85. The Balaban J connectivity index is 1.91. The zero-order valence-electron chi connectivity index (χ0n) is 16.7. The second kappa shape index (κ2) is 6.82. The van der Waals surface area contributed by atoms with E-state index in [2.05, 4.69) is 115 Å². The molecule has 2 nitrogen and oxygen atoms in total. The highest BCUT2D eigenvalue weighted by Crippen LogP contribution is 2.46. The molecule has 0 radical (unpaired) electrons. The molecule has 0 aliphatic carbocycles. The van der Waals surface area contributed by atoms with E-state index in [0.29, 0.717) is 0 Å². The summed E-state index contributed by atoms with van der Waals surface area (Å²) in [4.78, 5) is 0. The van der Waals surface area contributed by atoms with Crippen LogP contribution < -0.4 is 0 Å². The fourth-order valence-electron chi connectivity index (χ4n) is 4.40. The minimum absolute atomic E-state index is 0.527. The van der Waals surface area contributed by atoms with Crippen LogP contribution in [-0.4, -0.2) is 4.57 Å². The van der Waals surface area contributed by atoms with Crippen molar-refractivity contribution in [3.8, 4) is 0 Å². The predicted molar refractivity (Wildman–Crippen MR) is 118 cm³/mol. The van der Waals surface area contributed by atoms with E-state index in [4.69, 9.17) is 4.42 Å². The Hall–Kier alpha value is -3.52. The molecule has 3 aromatic carbocycles. The Morgan fingerprint density at radius 2 is 1.45 bits per heavy atom. The molecule has 1 unspecified atom stereocenters. The number of hydrogen-bond donors (Lipinski definition) is 0. The van der Waals surface area contributed by atoms with Crippen molar-refractivity contribution in [3.05, 3.63) is 132 Å². The SMILES string of the molecule is Cc1ccc(C(c2ccccc2)(c2ccc3ccccc3c2)c2ccn(C)c2)o1. The fraction of sp³-hybridized carbons (Fsp3) is 0.111. The van der Waals surface area contributed by atoms with Crippen molar-refractivity contribution in [2.75, 3.05) is 0 Å². The Bertz CT molecular complexity index is 1240. The van der Waals surface area contributed by atoms with Gasteiger partial charge in [0, 0.05) is 19.4 Å². The van der Waals surface area contributed by atoms with Gasteiger partial charge in [-0.25, -0.2) is 0 Å². The maximum atomic E-state index is 6.32. The molecule has 0 fully saturated rings. The standard InChI is InChI=1S/C27H23NO/c1-20-12-15-26(29-20)27(23-10-4-3-5-11-23,25-16-17-28(2)19-25)24-14-13-21-8-6-7-9-22(21)18-24/h3-19H,1-2H3. The van der Waals surface area contributed by atoms with Gasteiger partial charge in [-0.15, -0.1) is 0 Å². The smallest absolute Gasteiger partial charge is 0.123 e. The molecule has 5 aromatic rings. The molecule has 0 spiro atoms. The van der Waals surface area contributed by atoms with E-state index < -0.39 is 5.41 Å². The molecule has 0 saturated carbocycles. The summed E-state index contributed by atoms with van der Waals surface area (Å²) in [5.41, 5.74) is 3.05. The summed E-state index contributed by atoms with van der Waals surface area (Å²) in [6, 6.07) is 32.3. The first-order chi connectivity index (χ1) is 14.2. The Morgan fingerprint density at radius 3 is 2.14 bits per heavy atom. The molecular formula is C27H23NO. The van der Waals surface area contributed by atoms with Crippen molar-refractivity contribution in [1.82, 2.24) is 4.57 Å². The van der Waals surface area contributed by atoms with Crippen LogP contribution in [0.25, 0.3) is 10.8 Å². The average molecular weight is 377 g/mol. The lowest BCUT2D eigenvalue weighted by atomic mass is 9.68. The maximum Gasteiger partial charge on any atom is 0.123 e. The zero-order valence-corrected chi connectivity index (χ0v) is 16.7. The number of rotatable bonds is 4. The van der Waals surface area contributed by atoms with Gasteiger partial charge in [-0.1, -0.05) is 66.7 Å². The number of fused-ring (bicyclic) bond motifs is 1. The third kappa shape index (κ3) is 2.80. The molecule has 2 heterocycles. The number of nitrogens with zero attached hydrogens (tertiary/aromatic N) is 1. The summed E-state index contributed by atoms with van der Waals surface area (Å²) in [7, 11) is 2.06. The molecule has 5 rings (SSSR count). The first-order valence-electron chi connectivity index (χ1n) is 9.92. The molecule has 0 bridgehead atoms. The molecule has 0 aliphatic rings. The van der Waals surface area contributed by atoms with Crippen molar-refractivity contribution in [2.45, 2.75) is 12.3 Å². The molecule has 142 valence electrons. The molecule has 0 amide bonds. The number of aromatic nitrogens is 1. The maximum absolute atomic E-state index is 6.32. The van der Waals surface area contributed by atoms with Gasteiger partial charge in [0.2, 0.25) is 0 Å². The lowest BCUT2D eigenvalue weighted by Crippen LogP contribution is -2.30. The second-order valence-corrected chi connectivity index (χ2v) is 7.65. The topological polar surface area (TPSA) is 18.1 Å². The average Bonchev–Trinajstić information content (AvgIpc) is 3.38. The van der Waals surface area contributed by atoms with Crippen LogP contribution in [0, 0.1) is 6.92 Å². The largest absolute Gasteiger partial charge is 0.465 e. The lowest BCUT2D eigenvalue weighted by molar-refractivity contribution is 0.442. The zero-order chi connectivity index (χ0) is 19.8. The first kappa shape index (κ1) is 17.6. The monoisotopic (exact) mass is 377 g/mol. The van der Waals surface area contributed by atoms with Crippen LogP contribution >= 0.6 is 0 Å². The Kier molecular flexibility index (Phi) is 4.13. The number of hydrogen-bond acceptors (Lipinski definition) is 1. The fourth-order valence-corrected chi connectivity index (χ4v) is 4.40. The van der Waals surface area contributed by atoms with Crippen molar-refractivity contribution in [1.29, 1.82) is 0 Å². The second-order valence-electron chi connectivity index (χ2n) is 7.65. The van der Waals surface area contributed by atoms with E-state index in [-0.39, 0.29) is 0 Å². The predicted octanol–water partition coefficient (Wildman–Crippen LogP) is 6.46. The first-order valence-corrected chi connectivity index (χ1v) is 9.92. The van der Waals surface area contributed by atoms with Crippen LogP contribution in [-0.2, 0) is 12.5 Å². The normalized spacial score (nSPS) is 13.4. The molecule has 1 atom stereocenters. The molecule has 2 aromatic heterocycles. The van der Waals surface area contributed by atoms with Crippen LogP contribution in [0.2, 0.25) is 0 Å². The van der Waals surface area contributed by atoms with Gasteiger partial charge in [0.25, 0.3) is 0 Å². The van der Waals surface area contributed by atoms with Crippen molar-refractivity contribution < 1.29 is 4.42 Å². The van der Waals surface area contributed by atoms with Crippen molar-refractivity contribution in [2.24, 2.45) is 7.05 Å². The highest BCUT2D eigenvalue weighted by Gasteiger charge is 2.41. The molecule has 0 N–H and O–H groups in total. The van der Waals surface area contributed by atoms with E-state index in [0.717, 1.165) is 11.5 Å². The summed E-state index contributed by atoms with van der Waals surface area (Å²) in [6.45, 7) is 2.00. The number of aryl methyl sites for hydroxylation is 2. The number of furan rings is 1. The van der Waals surface area contributed by atoms with Gasteiger partial charge in [-0.2, -0.15) is 0 Å². The van der Waals surface area contributed by atoms with Gasteiger partial charge in [0.1, 0.15) is 16.9 Å². The van der Waals surface area contributed by atoms with Crippen LogP contribution in [0.5, 0.6) is 0 Å². The van der Waals surface area contributed by atoms with Crippen LogP contribution in [0.15, 0.2) is 108 Å². The quantitative estimate of drug-likeness (QED) is 0.351. The molecule has 29 heavy (non-hydrogen) atoms. The van der Waals surface area contributed by atoms with Gasteiger partial charge in [-0.05, 0) is 58.7 Å². The highest BCUT2D eigenvalue weighted by molar-refractivity contribution is 5.84. The van der Waals surface area contributed by atoms with E-state index >= 15 is 0 Å². The summed E-state index contributed by atoms with van der Waals surface area (Å²) in [5, 5.41) is 2.46. The molecule has 0 aliphatic heterocycles. The summed E-state index contributed by atoms with van der Waals surface area (Å²) < 4.78 is 8.43. The van der Waals surface area contributed by atoms with Crippen LogP contribution in [0.1, 0.15) is 28.2 Å². The van der Waals surface area contributed by atoms with Gasteiger partial charge in [0.05, 0.1) is 0 Å². The van der Waals surface area contributed by atoms with Gasteiger partial charge >= 0.3 is 0 Å². The molecular weight excluding hydrogens is 354 g/mol. The Labute approximate surface area is 171 Å². The number of benzene rings is 3. The van der Waals surface area contributed by atoms with E-state index in [1.807, 2.05) is 6.92 Å². The van der Waals surface area contributed by atoms with Gasteiger partial charge in [0.15, 0.2) is 0 Å². The van der Waals surface area contributed by atoms with Crippen molar-refractivity contribution in [3.63, 3.8) is 0 Å². The van der Waals surface area contributed by atoms with Crippen LogP contribution in [0.3, 0.4) is 0 Å². The lowest BCUT2D eigenvalue weighted by Gasteiger charge is -2.33. The third-order valence-corrected chi connectivity index (χ3v) is 5.76. The molecule has 2 heteroatoms. The van der Waals surface area contributed by atoms with Gasteiger partial charge < -0.3 is 8.98 Å². The van der Waals surface area contributed by atoms with Crippen molar-refractivity contribution >= 4 is 10.8 Å². The highest BCUT2D eigenvalue weighted by atomic mass is 16.3. The van der Waals surface area contributed by atoms with Gasteiger partial charge in [-0.3, -0.25) is 0 Å². The van der Waals surface area contributed by atoms with Crippen LogP contribution in [0.4, 0.5) is 0 Å². The van der Waals surface area contributed by atoms with E-state index in [1.54, 1.807) is 0 Å². The summed E-state index contributed by atoms with van der Waals surface area (Å²) >= 11 is 0. The van der Waals surface area contributed by atoms with E-state index in [1.165, 1.54) is 27.5 Å². The minimum Gasteiger partial charge on any atom is -0.465 e. The minimum atomic E-state index is -0.527. The molecule has 0 saturated heterocycles. The Morgan fingerprint density at radius 1 is 0.690 bits per heavy atom. The third-order valence-electron chi connectivity index (χ3n) is 5.76.